The topological polar surface area (TPSA) is 49.7 Å². The van der Waals surface area contributed by atoms with Crippen LogP contribution in [-0.4, -0.2) is 11.2 Å². The number of phenols is 1. The standard InChI is InChI=1S/C11H7BrF3NO2/c12-7-3-6(11(13,14)15)4-8(18)9(7)10(1-2-10)16-5-17/h3-4,18H,1-2H2. The van der Waals surface area contributed by atoms with Crippen LogP contribution in [0, 0.1) is 0 Å². The number of alkyl halides is 3. The van der Waals surface area contributed by atoms with Crippen LogP contribution >= 0.6 is 15.9 Å². The van der Waals surface area contributed by atoms with E-state index in [-0.39, 0.29) is 10.0 Å². The fraction of sp³-hybridized carbons (Fsp3) is 0.364. The Labute approximate surface area is 108 Å². The summed E-state index contributed by atoms with van der Waals surface area (Å²) in [5.41, 5.74) is -1.67. The summed E-state index contributed by atoms with van der Waals surface area (Å²) in [7, 11) is 0. The molecule has 0 atom stereocenters. The molecule has 1 aliphatic rings. The molecule has 0 amide bonds. The van der Waals surface area contributed by atoms with Gasteiger partial charge in [-0.3, -0.25) is 0 Å². The third kappa shape index (κ3) is 2.15. The molecule has 1 aliphatic carbocycles. The van der Waals surface area contributed by atoms with Gasteiger partial charge in [0.1, 0.15) is 11.3 Å². The molecular weight excluding hydrogens is 315 g/mol. The summed E-state index contributed by atoms with van der Waals surface area (Å²) >= 11 is 2.99. The number of phenolic OH excluding ortho intramolecular Hbond substituents is 1. The fourth-order valence-corrected chi connectivity index (χ4v) is 2.66. The van der Waals surface area contributed by atoms with Gasteiger partial charge in [0.25, 0.3) is 0 Å². The number of hydrogen-bond acceptors (Lipinski definition) is 3. The minimum atomic E-state index is -4.54. The molecule has 1 saturated carbocycles. The van der Waals surface area contributed by atoms with Gasteiger partial charge in [-0.2, -0.15) is 18.2 Å². The lowest BCUT2D eigenvalue weighted by Crippen LogP contribution is -2.09. The Balaban J connectivity index is 2.56. The number of benzene rings is 1. The van der Waals surface area contributed by atoms with E-state index in [0.717, 1.165) is 6.07 Å². The van der Waals surface area contributed by atoms with Crippen molar-refractivity contribution in [3.05, 3.63) is 27.7 Å². The zero-order valence-electron chi connectivity index (χ0n) is 8.88. The Morgan fingerprint density at radius 2 is 2.00 bits per heavy atom. The van der Waals surface area contributed by atoms with E-state index in [4.69, 9.17) is 0 Å². The molecule has 3 nitrogen and oxygen atoms in total. The predicted molar refractivity (Wildman–Crippen MR) is 59.8 cm³/mol. The molecule has 0 spiro atoms. The molecule has 1 aromatic carbocycles. The van der Waals surface area contributed by atoms with Crippen LogP contribution < -0.4 is 0 Å². The summed E-state index contributed by atoms with van der Waals surface area (Å²) < 4.78 is 37.7. The van der Waals surface area contributed by atoms with Crippen molar-refractivity contribution in [3.8, 4) is 5.75 Å². The molecule has 2 rings (SSSR count). The van der Waals surface area contributed by atoms with E-state index in [1.165, 1.54) is 6.08 Å². The SMILES string of the molecule is O=C=NC1(c2c(O)cc(C(F)(F)F)cc2Br)CC1. The second-order valence-electron chi connectivity index (χ2n) is 4.08. The first-order valence-electron chi connectivity index (χ1n) is 4.99. The molecule has 1 N–H and O–H groups in total. The summed E-state index contributed by atoms with van der Waals surface area (Å²) in [5.74, 6) is -0.520. The minimum Gasteiger partial charge on any atom is -0.508 e. The van der Waals surface area contributed by atoms with Crippen LogP contribution in [0.5, 0.6) is 5.75 Å². The van der Waals surface area contributed by atoms with E-state index in [2.05, 4.69) is 20.9 Å². The van der Waals surface area contributed by atoms with E-state index in [0.29, 0.717) is 18.9 Å². The van der Waals surface area contributed by atoms with Crippen LogP contribution in [-0.2, 0) is 16.5 Å². The molecule has 0 radical (unpaired) electrons. The first-order valence-corrected chi connectivity index (χ1v) is 5.79. The quantitative estimate of drug-likeness (QED) is 0.669. The van der Waals surface area contributed by atoms with E-state index < -0.39 is 23.0 Å². The molecule has 0 saturated heterocycles. The number of nitrogens with zero attached hydrogens (tertiary/aromatic N) is 1. The molecule has 96 valence electrons. The van der Waals surface area contributed by atoms with Gasteiger partial charge in [0.05, 0.1) is 5.56 Å². The highest BCUT2D eigenvalue weighted by atomic mass is 79.9. The Morgan fingerprint density at radius 3 is 2.39 bits per heavy atom. The molecule has 0 heterocycles. The Bertz CT molecular complexity index is 523. The summed E-state index contributed by atoms with van der Waals surface area (Å²) in [6.07, 6.45) is -2.15. The first kappa shape index (κ1) is 13.1. The molecule has 7 heteroatoms. The molecule has 1 aromatic rings. The normalized spacial score (nSPS) is 17.1. The molecule has 0 aromatic heterocycles. The summed E-state index contributed by atoms with van der Waals surface area (Å²) in [6, 6.07) is 1.51. The number of aliphatic imine (C=N–C) groups is 1. The average Bonchev–Trinajstić information content (AvgIpc) is 2.96. The fourth-order valence-electron chi connectivity index (χ4n) is 1.84. The summed E-state index contributed by atoms with van der Waals surface area (Å²) in [4.78, 5) is 13.9. The van der Waals surface area contributed by atoms with Crippen LogP contribution in [0.4, 0.5) is 13.2 Å². The third-order valence-corrected chi connectivity index (χ3v) is 3.47. The number of halogens is 4. The number of hydrogen-bond donors (Lipinski definition) is 1. The maximum absolute atomic E-state index is 12.5. The van der Waals surface area contributed by atoms with E-state index in [1.807, 2.05) is 0 Å². The van der Waals surface area contributed by atoms with Gasteiger partial charge >= 0.3 is 6.18 Å². The second kappa shape index (κ2) is 4.10. The van der Waals surface area contributed by atoms with Crippen molar-refractivity contribution >= 4 is 22.0 Å². The van der Waals surface area contributed by atoms with Crippen molar-refractivity contribution in [1.82, 2.24) is 0 Å². The largest absolute Gasteiger partial charge is 0.508 e. The van der Waals surface area contributed by atoms with Crippen LogP contribution in [0.3, 0.4) is 0 Å². The number of aromatic hydroxyl groups is 1. The van der Waals surface area contributed by atoms with Gasteiger partial charge in [-0.25, -0.2) is 4.79 Å². The predicted octanol–water partition coefficient (Wildman–Crippen LogP) is 3.50. The molecule has 0 bridgehead atoms. The highest BCUT2D eigenvalue weighted by Gasteiger charge is 2.48. The Hall–Kier alpha value is -1.33. The lowest BCUT2D eigenvalue weighted by Gasteiger charge is -2.16. The van der Waals surface area contributed by atoms with Crippen LogP contribution in [0.1, 0.15) is 24.0 Å². The zero-order valence-corrected chi connectivity index (χ0v) is 10.5. The van der Waals surface area contributed by atoms with Crippen molar-refractivity contribution in [2.24, 2.45) is 4.99 Å². The van der Waals surface area contributed by atoms with Gasteiger partial charge in [-0.1, -0.05) is 15.9 Å². The number of carbonyl (C=O) groups excluding carboxylic acids is 1. The smallest absolute Gasteiger partial charge is 0.416 e. The third-order valence-electron chi connectivity index (χ3n) is 2.85. The first-order chi connectivity index (χ1) is 8.30. The van der Waals surface area contributed by atoms with Crippen molar-refractivity contribution in [2.45, 2.75) is 24.6 Å². The van der Waals surface area contributed by atoms with Crippen LogP contribution in [0.15, 0.2) is 21.6 Å². The highest BCUT2D eigenvalue weighted by Crippen LogP contribution is 2.55. The zero-order chi connectivity index (χ0) is 13.6. The average molecular weight is 322 g/mol. The molecule has 18 heavy (non-hydrogen) atoms. The minimum absolute atomic E-state index is 0.0892. The van der Waals surface area contributed by atoms with Gasteiger partial charge < -0.3 is 5.11 Å². The van der Waals surface area contributed by atoms with Crippen molar-refractivity contribution in [3.63, 3.8) is 0 Å². The number of rotatable bonds is 2. The van der Waals surface area contributed by atoms with Gasteiger partial charge in [0.15, 0.2) is 0 Å². The Morgan fingerprint density at radius 1 is 1.39 bits per heavy atom. The second-order valence-corrected chi connectivity index (χ2v) is 4.94. The van der Waals surface area contributed by atoms with Crippen molar-refractivity contribution in [2.75, 3.05) is 0 Å². The van der Waals surface area contributed by atoms with E-state index >= 15 is 0 Å². The van der Waals surface area contributed by atoms with Crippen LogP contribution in [0.2, 0.25) is 0 Å². The maximum atomic E-state index is 12.5. The Kier molecular flexibility index (Phi) is 2.99. The molecule has 1 fully saturated rings. The lowest BCUT2D eigenvalue weighted by atomic mass is 10.0. The molecule has 0 unspecified atom stereocenters. The summed E-state index contributed by atoms with van der Waals surface area (Å²) in [5, 5.41) is 9.72. The van der Waals surface area contributed by atoms with Gasteiger partial charge in [-0.15, -0.1) is 0 Å². The summed E-state index contributed by atoms with van der Waals surface area (Å²) in [6.45, 7) is 0. The van der Waals surface area contributed by atoms with Gasteiger partial charge in [0, 0.05) is 10.0 Å². The van der Waals surface area contributed by atoms with Gasteiger partial charge in [0.2, 0.25) is 6.08 Å². The number of isocyanates is 1. The van der Waals surface area contributed by atoms with Gasteiger partial charge in [-0.05, 0) is 25.0 Å². The van der Waals surface area contributed by atoms with Crippen molar-refractivity contribution in [1.29, 1.82) is 0 Å². The molecule has 0 aliphatic heterocycles. The van der Waals surface area contributed by atoms with E-state index in [9.17, 15) is 23.1 Å². The maximum Gasteiger partial charge on any atom is 0.416 e. The van der Waals surface area contributed by atoms with Crippen LogP contribution in [0.25, 0.3) is 0 Å². The monoisotopic (exact) mass is 321 g/mol. The van der Waals surface area contributed by atoms with E-state index in [1.54, 1.807) is 0 Å². The highest BCUT2D eigenvalue weighted by molar-refractivity contribution is 9.10. The van der Waals surface area contributed by atoms with Crippen molar-refractivity contribution < 1.29 is 23.1 Å². The lowest BCUT2D eigenvalue weighted by molar-refractivity contribution is -0.137. The molecular formula is C11H7BrF3NO2.